The Labute approximate surface area is 145 Å². The van der Waals surface area contributed by atoms with E-state index in [1.807, 2.05) is 38.7 Å². The van der Waals surface area contributed by atoms with Crippen molar-refractivity contribution in [2.75, 3.05) is 36.0 Å². The molecule has 24 heavy (non-hydrogen) atoms. The smallest absolute Gasteiger partial charge is 0.188 e. The van der Waals surface area contributed by atoms with Crippen molar-refractivity contribution in [3.05, 3.63) is 23.3 Å². The van der Waals surface area contributed by atoms with Crippen LogP contribution in [0.5, 0.6) is 0 Å². The average Bonchev–Trinajstić information content (AvgIpc) is 3.12. The minimum atomic E-state index is 0.937. The second kappa shape index (κ2) is 5.70. The number of anilines is 2. The maximum atomic E-state index is 4.78. The minimum Gasteiger partial charge on any atom is -0.352 e. The third-order valence-corrected chi connectivity index (χ3v) is 5.65. The summed E-state index contributed by atoms with van der Waals surface area (Å²) < 4.78 is 3.06. The first kappa shape index (κ1) is 15.3. The molecular formula is C16H21N7S. The van der Waals surface area contributed by atoms with E-state index in [-0.39, 0.29) is 0 Å². The molecule has 0 saturated carbocycles. The highest BCUT2D eigenvalue weighted by Gasteiger charge is 2.23. The van der Waals surface area contributed by atoms with Gasteiger partial charge in [0.25, 0.3) is 0 Å². The van der Waals surface area contributed by atoms with E-state index in [0.29, 0.717) is 0 Å². The van der Waals surface area contributed by atoms with Gasteiger partial charge in [-0.25, -0.2) is 14.6 Å². The predicted octanol–water partition coefficient (Wildman–Crippen LogP) is 2.07. The molecule has 0 aliphatic carbocycles. The van der Waals surface area contributed by atoms with Crippen LogP contribution in [0.3, 0.4) is 0 Å². The molecule has 0 bridgehead atoms. The van der Waals surface area contributed by atoms with Crippen LogP contribution in [0, 0.1) is 20.8 Å². The van der Waals surface area contributed by atoms with Gasteiger partial charge >= 0.3 is 0 Å². The monoisotopic (exact) mass is 343 g/mol. The molecule has 1 saturated heterocycles. The molecule has 7 nitrogen and oxygen atoms in total. The van der Waals surface area contributed by atoms with Crippen molar-refractivity contribution in [1.82, 2.24) is 24.7 Å². The average molecular weight is 343 g/mol. The number of hydrogen-bond acceptors (Lipinski definition) is 7. The van der Waals surface area contributed by atoms with Crippen LogP contribution in [0.2, 0.25) is 0 Å². The summed E-state index contributed by atoms with van der Waals surface area (Å²) in [4.78, 5) is 18.6. The number of fused-ring (bicyclic) bond motifs is 1. The van der Waals surface area contributed by atoms with E-state index in [1.54, 1.807) is 11.3 Å². The number of hydrogen-bond donors (Lipinski definition) is 0. The van der Waals surface area contributed by atoms with Crippen LogP contribution in [0.4, 0.5) is 10.9 Å². The van der Waals surface area contributed by atoms with Crippen molar-refractivity contribution in [2.24, 2.45) is 7.05 Å². The summed E-state index contributed by atoms with van der Waals surface area (Å²) in [7, 11) is 1.95. The summed E-state index contributed by atoms with van der Waals surface area (Å²) in [6, 6.07) is 0. The van der Waals surface area contributed by atoms with Gasteiger partial charge in [0.15, 0.2) is 10.8 Å². The highest BCUT2D eigenvalue weighted by Crippen LogP contribution is 2.31. The zero-order valence-electron chi connectivity index (χ0n) is 14.4. The second-order valence-corrected chi connectivity index (χ2v) is 7.23. The zero-order valence-corrected chi connectivity index (χ0v) is 15.3. The van der Waals surface area contributed by atoms with Gasteiger partial charge in [0.2, 0.25) is 0 Å². The van der Waals surface area contributed by atoms with Crippen molar-refractivity contribution in [3.63, 3.8) is 0 Å². The van der Waals surface area contributed by atoms with Crippen molar-refractivity contribution in [3.8, 4) is 0 Å². The summed E-state index contributed by atoms with van der Waals surface area (Å²) in [6.07, 6.45) is 1.83. The normalized spacial score (nSPS) is 15.5. The van der Waals surface area contributed by atoms with Gasteiger partial charge in [-0.2, -0.15) is 5.10 Å². The highest BCUT2D eigenvalue weighted by molar-refractivity contribution is 7.22. The van der Waals surface area contributed by atoms with Crippen LogP contribution >= 0.6 is 11.3 Å². The largest absolute Gasteiger partial charge is 0.352 e. The van der Waals surface area contributed by atoms with Crippen molar-refractivity contribution >= 4 is 32.6 Å². The van der Waals surface area contributed by atoms with Crippen LogP contribution < -0.4 is 9.80 Å². The molecule has 0 radical (unpaired) electrons. The number of aryl methyl sites for hydroxylation is 4. The Morgan fingerprint density at radius 1 is 0.958 bits per heavy atom. The summed E-state index contributed by atoms with van der Waals surface area (Å²) in [6.45, 7) is 9.82. The Morgan fingerprint density at radius 3 is 2.38 bits per heavy atom. The summed E-state index contributed by atoms with van der Waals surface area (Å²) in [5.74, 6) is 1.01. The first-order valence-corrected chi connectivity index (χ1v) is 8.95. The van der Waals surface area contributed by atoms with Gasteiger partial charge in [0, 0.05) is 39.4 Å². The first-order valence-electron chi connectivity index (χ1n) is 8.13. The molecule has 0 spiro atoms. The van der Waals surface area contributed by atoms with Crippen LogP contribution in [-0.2, 0) is 7.05 Å². The van der Waals surface area contributed by atoms with Gasteiger partial charge in [-0.15, -0.1) is 0 Å². The first-order chi connectivity index (χ1) is 11.5. The third kappa shape index (κ3) is 2.50. The SMILES string of the molecule is Cc1cnc(C)c(N2CCN(c3nc4c(s3)c(C)nn4C)CC2)n1. The standard InChI is InChI=1S/C16H21N7S/c1-10-9-17-12(3)14(18-10)22-5-7-23(8-6-22)16-19-15-13(24-16)11(2)20-21(15)4/h9H,5-8H2,1-4H3. The molecule has 0 N–H and O–H groups in total. The lowest BCUT2D eigenvalue weighted by Gasteiger charge is -2.35. The molecule has 1 fully saturated rings. The van der Waals surface area contributed by atoms with Gasteiger partial charge in [0.05, 0.1) is 21.8 Å². The van der Waals surface area contributed by atoms with Crippen molar-refractivity contribution < 1.29 is 0 Å². The Morgan fingerprint density at radius 2 is 1.67 bits per heavy atom. The zero-order chi connectivity index (χ0) is 16.8. The molecule has 1 aliphatic rings. The highest BCUT2D eigenvalue weighted by atomic mass is 32.1. The predicted molar refractivity (Wildman–Crippen MR) is 97.1 cm³/mol. The molecule has 4 heterocycles. The lowest BCUT2D eigenvalue weighted by molar-refractivity contribution is 0.642. The van der Waals surface area contributed by atoms with E-state index in [9.17, 15) is 0 Å². The summed E-state index contributed by atoms with van der Waals surface area (Å²) >= 11 is 1.74. The van der Waals surface area contributed by atoms with Crippen LogP contribution in [0.25, 0.3) is 10.3 Å². The van der Waals surface area contributed by atoms with Crippen LogP contribution in [0.15, 0.2) is 6.20 Å². The molecule has 0 unspecified atom stereocenters. The Bertz CT molecular complexity index is 855. The van der Waals surface area contributed by atoms with E-state index in [2.05, 4.69) is 24.9 Å². The molecule has 0 amide bonds. The Kier molecular flexibility index (Phi) is 3.64. The van der Waals surface area contributed by atoms with Gasteiger partial charge in [-0.1, -0.05) is 11.3 Å². The number of piperazine rings is 1. The van der Waals surface area contributed by atoms with Crippen molar-refractivity contribution in [1.29, 1.82) is 0 Å². The number of thiazole rings is 1. The molecule has 1 aliphatic heterocycles. The Hall–Kier alpha value is -2.22. The van der Waals surface area contributed by atoms with E-state index in [1.165, 1.54) is 4.70 Å². The Balaban J connectivity index is 1.53. The third-order valence-electron chi connectivity index (χ3n) is 4.43. The van der Waals surface area contributed by atoms with Gasteiger partial charge in [-0.3, -0.25) is 4.98 Å². The molecule has 3 aromatic heterocycles. The van der Waals surface area contributed by atoms with E-state index >= 15 is 0 Å². The number of nitrogens with zero attached hydrogens (tertiary/aromatic N) is 7. The second-order valence-electron chi connectivity index (χ2n) is 6.25. The van der Waals surface area contributed by atoms with Gasteiger partial charge in [-0.05, 0) is 20.8 Å². The molecule has 3 aromatic rings. The maximum absolute atomic E-state index is 4.78. The van der Waals surface area contributed by atoms with E-state index < -0.39 is 0 Å². The number of rotatable bonds is 2. The van der Waals surface area contributed by atoms with Crippen LogP contribution in [0.1, 0.15) is 17.1 Å². The van der Waals surface area contributed by atoms with E-state index in [4.69, 9.17) is 4.98 Å². The molecule has 8 heteroatoms. The molecule has 4 rings (SSSR count). The quantitative estimate of drug-likeness (QED) is 0.710. The minimum absolute atomic E-state index is 0.937. The maximum Gasteiger partial charge on any atom is 0.188 e. The van der Waals surface area contributed by atoms with E-state index in [0.717, 1.165) is 59.9 Å². The summed E-state index contributed by atoms with van der Waals surface area (Å²) in [5.41, 5.74) is 4.00. The molecule has 0 aromatic carbocycles. The molecule has 126 valence electrons. The lowest BCUT2D eigenvalue weighted by Crippen LogP contribution is -2.47. The fourth-order valence-corrected chi connectivity index (χ4v) is 4.23. The van der Waals surface area contributed by atoms with Gasteiger partial charge in [0.1, 0.15) is 5.82 Å². The van der Waals surface area contributed by atoms with Crippen molar-refractivity contribution in [2.45, 2.75) is 20.8 Å². The lowest BCUT2D eigenvalue weighted by atomic mass is 10.3. The van der Waals surface area contributed by atoms with Crippen LogP contribution in [-0.4, -0.2) is 50.9 Å². The fraction of sp³-hybridized carbons (Fsp3) is 0.500. The fourth-order valence-electron chi connectivity index (χ4n) is 3.14. The topological polar surface area (TPSA) is 63.0 Å². The number of aromatic nitrogens is 5. The molecular weight excluding hydrogens is 322 g/mol. The molecule has 0 atom stereocenters. The summed E-state index contributed by atoms with van der Waals surface area (Å²) in [5, 5.41) is 5.52. The van der Waals surface area contributed by atoms with Gasteiger partial charge < -0.3 is 9.80 Å².